The number of ether oxygens (including phenoxy) is 1. The van der Waals surface area contributed by atoms with Crippen LogP contribution in [-0.4, -0.2) is 5.97 Å². The molecule has 0 bridgehead atoms. The Morgan fingerprint density at radius 2 is 1.95 bits per heavy atom. The highest BCUT2D eigenvalue weighted by Crippen LogP contribution is 2.18. The third-order valence-corrected chi connectivity index (χ3v) is 2.93. The van der Waals surface area contributed by atoms with E-state index in [0.29, 0.717) is 12.2 Å². The quantitative estimate of drug-likeness (QED) is 0.660. The Balaban J connectivity index is 1.99. The number of anilines is 1. The summed E-state index contributed by atoms with van der Waals surface area (Å²) in [6.45, 7) is 4.60. The van der Waals surface area contributed by atoms with Crippen LogP contribution in [0.1, 0.15) is 24.5 Å². The highest BCUT2D eigenvalue weighted by molar-refractivity contribution is 5.72. The van der Waals surface area contributed by atoms with E-state index in [0.717, 1.165) is 12.2 Å². The van der Waals surface area contributed by atoms with Gasteiger partial charge in [0.25, 0.3) is 0 Å². The summed E-state index contributed by atoms with van der Waals surface area (Å²) in [4.78, 5) is 11.3. The molecule has 2 aromatic rings. The summed E-state index contributed by atoms with van der Waals surface area (Å²) in [6.07, 6.45) is 0.376. The molecule has 0 heterocycles. The molecule has 0 spiro atoms. The minimum Gasteiger partial charge on any atom is -0.426 e. The molecule has 3 nitrogen and oxygen atoms in total. The van der Waals surface area contributed by atoms with Crippen molar-refractivity contribution in [2.75, 3.05) is 5.32 Å². The van der Waals surface area contributed by atoms with E-state index in [-0.39, 0.29) is 5.97 Å². The van der Waals surface area contributed by atoms with Gasteiger partial charge in [-0.1, -0.05) is 42.8 Å². The van der Waals surface area contributed by atoms with Gasteiger partial charge in [-0.2, -0.15) is 0 Å². The molecule has 0 saturated carbocycles. The van der Waals surface area contributed by atoms with Crippen LogP contribution < -0.4 is 10.1 Å². The van der Waals surface area contributed by atoms with Gasteiger partial charge in [0.05, 0.1) is 0 Å². The minimum atomic E-state index is -0.221. The van der Waals surface area contributed by atoms with Crippen molar-refractivity contribution in [3.63, 3.8) is 0 Å². The Morgan fingerprint density at radius 1 is 1.15 bits per heavy atom. The Labute approximate surface area is 119 Å². The third kappa shape index (κ3) is 4.12. The van der Waals surface area contributed by atoms with Gasteiger partial charge < -0.3 is 10.1 Å². The fourth-order valence-corrected chi connectivity index (χ4v) is 1.90. The van der Waals surface area contributed by atoms with Gasteiger partial charge in [0, 0.05) is 24.7 Å². The van der Waals surface area contributed by atoms with Crippen molar-refractivity contribution in [2.24, 2.45) is 0 Å². The molecule has 104 valence electrons. The number of rotatable bonds is 5. The van der Waals surface area contributed by atoms with Gasteiger partial charge in [-0.15, -0.1) is 0 Å². The maximum Gasteiger partial charge on any atom is 0.310 e. The summed E-state index contributed by atoms with van der Waals surface area (Å²) in [5.74, 6) is 0.354. The molecule has 0 atom stereocenters. The first-order valence-electron chi connectivity index (χ1n) is 6.77. The fraction of sp³-hybridized carbons (Fsp3) is 0.235. The summed E-state index contributed by atoms with van der Waals surface area (Å²) in [5, 5.41) is 3.33. The van der Waals surface area contributed by atoms with E-state index in [2.05, 4.69) is 30.4 Å². The third-order valence-electron chi connectivity index (χ3n) is 2.93. The van der Waals surface area contributed by atoms with Crippen LogP contribution in [0.3, 0.4) is 0 Å². The first kappa shape index (κ1) is 14.1. The first-order chi connectivity index (χ1) is 9.67. The largest absolute Gasteiger partial charge is 0.426 e. The zero-order valence-electron chi connectivity index (χ0n) is 11.8. The van der Waals surface area contributed by atoms with Crippen LogP contribution >= 0.6 is 0 Å². The van der Waals surface area contributed by atoms with Crippen LogP contribution in [0.4, 0.5) is 5.69 Å². The monoisotopic (exact) mass is 269 g/mol. The van der Waals surface area contributed by atoms with Crippen molar-refractivity contribution < 1.29 is 9.53 Å². The SMILES string of the molecule is CCC(=O)Oc1cccc(NCc2cccc(C)c2)c1. The van der Waals surface area contributed by atoms with Crippen molar-refractivity contribution in [3.8, 4) is 5.75 Å². The Bertz CT molecular complexity index is 593. The molecule has 0 aliphatic rings. The van der Waals surface area contributed by atoms with E-state index >= 15 is 0 Å². The topological polar surface area (TPSA) is 38.3 Å². The van der Waals surface area contributed by atoms with Crippen LogP contribution in [0.25, 0.3) is 0 Å². The van der Waals surface area contributed by atoms with E-state index in [1.807, 2.05) is 24.3 Å². The average Bonchev–Trinajstić information content (AvgIpc) is 2.45. The van der Waals surface area contributed by atoms with Crippen LogP contribution in [0.2, 0.25) is 0 Å². The van der Waals surface area contributed by atoms with E-state index in [4.69, 9.17) is 4.74 Å². The maximum absolute atomic E-state index is 11.3. The second-order valence-electron chi connectivity index (χ2n) is 4.70. The smallest absolute Gasteiger partial charge is 0.310 e. The molecule has 1 N–H and O–H groups in total. The van der Waals surface area contributed by atoms with E-state index in [1.165, 1.54) is 11.1 Å². The Hall–Kier alpha value is -2.29. The predicted molar refractivity (Wildman–Crippen MR) is 80.9 cm³/mol. The lowest BCUT2D eigenvalue weighted by Gasteiger charge is -2.09. The number of carbonyl (C=O) groups excluding carboxylic acids is 1. The number of hydrogen-bond acceptors (Lipinski definition) is 3. The lowest BCUT2D eigenvalue weighted by Crippen LogP contribution is -2.06. The van der Waals surface area contributed by atoms with Gasteiger partial charge in [-0.05, 0) is 24.6 Å². The van der Waals surface area contributed by atoms with Gasteiger partial charge in [0.15, 0.2) is 0 Å². The van der Waals surface area contributed by atoms with Crippen molar-refractivity contribution in [1.82, 2.24) is 0 Å². The number of aryl methyl sites for hydroxylation is 1. The summed E-state index contributed by atoms with van der Waals surface area (Å²) >= 11 is 0. The van der Waals surface area contributed by atoms with E-state index in [9.17, 15) is 4.79 Å². The van der Waals surface area contributed by atoms with Gasteiger partial charge in [-0.3, -0.25) is 4.79 Å². The zero-order chi connectivity index (χ0) is 14.4. The van der Waals surface area contributed by atoms with Gasteiger partial charge >= 0.3 is 5.97 Å². The summed E-state index contributed by atoms with van der Waals surface area (Å²) < 4.78 is 5.20. The number of hydrogen-bond donors (Lipinski definition) is 1. The number of esters is 1. The molecule has 0 amide bonds. The number of nitrogens with one attached hydrogen (secondary N) is 1. The molecule has 0 fully saturated rings. The molecule has 2 rings (SSSR count). The van der Waals surface area contributed by atoms with Crippen LogP contribution in [0.5, 0.6) is 5.75 Å². The van der Waals surface area contributed by atoms with Gasteiger partial charge in [0.2, 0.25) is 0 Å². The molecule has 2 aromatic carbocycles. The molecule has 0 aliphatic heterocycles. The van der Waals surface area contributed by atoms with Crippen LogP contribution in [0.15, 0.2) is 48.5 Å². The molecule has 20 heavy (non-hydrogen) atoms. The second-order valence-corrected chi connectivity index (χ2v) is 4.70. The van der Waals surface area contributed by atoms with Crippen molar-refractivity contribution in [2.45, 2.75) is 26.8 Å². The standard InChI is InChI=1S/C17H19NO2/c1-3-17(19)20-16-9-5-8-15(11-16)18-12-14-7-4-6-13(2)10-14/h4-11,18H,3,12H2,1-2H3. The molecular weight excluding hydrogens is 250 g/mol. The number of benzene rings is 2. The Kier molecular flexibility index (Phi) is 4.77. The maximum atomic E-state index is 11.3. The van der Waals surface area contributed by atoms with Crippen molar-refractivity contribution >= 4 is 11.7 Å². The molecule has 0 unspecified atom stereocenters. The highest BCUT2D eigenvalue weighted by Gasteiger charge is 2.02. The molecule has 3 heteroatoms. The summed E-state index contributed by atoms with van der Waals surface area (Å²) in [6, 6.07) is 15.8. The number of carbonyl (C=O) groups is 1. The summed E-state index contributed by atoms with van der Waals surface area (Å²) in [7, 11) is 0. The van der Waals surface area contributed by atoms with E-state index < -0.39 is 0 Å². The van der Waals surface area contributed by atoms with E-state index in [1.54, 1.807) is 13.0 Å². The summed E-state index contributed by atoms with van der Waals surface area (Å²) in [5.41, 5.74) is 3.41. The zero-order valence-corrected chi connectivity index (χ0v) is 11.8. The molecule has 0 radical (unpaired) electrons. The molecule has 0 aromatic heterocycles. The predicted octanol–water partition coefficient (Wildman–Crippen LogP) is 3.92. The molecule has 0 saturated heterocycles. The fourth-order valence-electron chi connectivity index (χ4n) is 1.90. The lowest BCUT2D eigenvalue weighted by molar-refractivity contribution is -0.134. The van der Waals surface area contributed by atoms with Crippen LogP contribution in [0, 0.1) is 6.92 Å². The first-order valence-corrected chi connectivity index (χ1v) is 6.77. The highest BCUT2D eigenvalue weighted by atomic mass is 16.5. The Morgan fingerprint density at radius 3 is 2.70 bits per heavy atom. The second kappa shape index (κ2) is 6.75. The molecule has 0 aliphatic carbocycles. The van der Waals surface area contributed by atoms with Gasteiger partial charge in [0.1, 0.15) is 5.75 Å². The van der Waals surface area contributed by atoms with Gasteiger partial charge in [-0.25, -0.2) is 0 Å². The van der Waals surface area contributed by atoms with Crippen molar-refractivity contribution in [3.05, 3.63) is 59.7 Å². The molecular formula is C17H19NO2. The minimum absolute atomic E-state index is 0.221. The van der Waals surface area contributed by atoms with Crippen molar-refractivity contribution in [1.29, 1.82) is 0 Å². The van der Waals surface area contributed by atoms with Crippen LogP contribution in [-0.2, 0) is 11.3 Å². The lowest BCUT2D eigenvalue weighted by atomic mass is 10.1. The average molecular weight is 269 g/mol. The normalized spacial score (nSPS) is 10.1.